The summed E-state index contributed by atoms with van der Waals surface area (Å²) in [5.41, 5.74) is 11.4. The maximum Gasteiger partial charge on any atom is 0.240 e. The molecule has 4 rings (SSSR count). The van der Waals surface area contributed by atoms with Crippen LogP contribution in [0.5, 0.6) is 0 Å². The zero-order chi connectivity index (χ0) is 27.1. The van der Waals surface area contributed by atoms with Crippen LogP contribution in [-0.4, -0.2) is 29.1 Å². The average Bonchev–Trinajstić information content (AvgIpc) is 2.81. The number of rotatable bonds is 4. The molecule has 0 aliphatic carbocycles. The number of nitrogens with zero attached hydrogens (tertiary/aromatic N) is 2. The Morgan fingerprint density at radius 1 is 0.892 bits per heavy atom. The van der Waals surface area contributed by atoms with Crippen molar-refractivity contribution < 1.29 is 14.4 Å². The molecule has 0 radical (unpaired) electrons. The van der Waals surface area contributed by atoms with Gasteiger partial charge in [0.1, 0.15) is 0 Å². The predicted octanol–water partition coefficient (Wildman–Crippen LogP) is 4.65. The summed E-state index contributed by atoms with van der Waals surface area (Å²) in [6.07, 6.45) is 1.30. The highest BCUT2D eigenvalue weighted by Crippen LogP contribution is 2.27. The Morgan fingerprint density at radius 2 is 1.46 bits per heavy atom. The SMILES string of the molecule is C=C1C[C@@H](C)C(c2ccc(NC(C)=O)c(Cl)c2)=NN1.CC(=O)Nc1ccc(C2=NNC(=O)C[C@H]2C)cc1. The van der Waals surface area contributed by atoms with Gasteiger partial charge in [-0.2, -0.15) is 10.2 Å². The first kappa shape index (κ1) is 27.6. The second-order valence-corrected chi connectivity index (χ2v) is 9.50. The number of nitrogens with one attached hydrogen (secondary N) is 4. The van der Waals surface area contributed by atoms with Gasteiger partial charge >= 0.3 is 0 Å². The number of anilines is 2. The van der Waals surface area contributed by atoms with Gasteiger partial charge in [-0.15, -0.1) is 0 Å². The third kappa shape index (κ3) is 7.75. The minimum atomic E-state index is -0.143. The first-order valence-corrected chi connectivity index (χ1v) is 12.2. The van der Waals surface area contributed by atoms with Gasteiger partial charge in [0.15, 0.2) is 0 Å². The van der Waals surface area contributed by atoms with E-state index in [0.717, 1.165) is 40.4 Å². The molecule has 2 aromatic carbocycles. The Hall–Kier alpha value is -3.98. The molecule has 4 N–H and O–H groups in total. The lowest BCUT2D eigenvalue weighted by molar-refractivity contribution is -0.122. The minimum Gasteiger partial charge on any atom is -0.326 e. The number of hydrazone groups is 2. The van der Waals surface area contributed by atoms with Gasteiger partial charge in [0.2, 0.25) is 17.7 Å². The fourth-order valence-corrected chi connectivity index (χ4v) is 4.23. The lowest BCUT2D eigenvalue weighted by Crippen LogP contribution is -2.31. The van der Waals surface area contributed by atoms with Gasteiger partial charge in [-0.25, -0.2) is 5.43 Å². The monoisotopic (exact) mass is 522 g/mol. The Morgan fingerprint density at radius 3 is 2.03 bits per heavy atom. The lowest BCUT2D eigenvalue weighted by Gasteiger charge is -2.22. The molecule has 194 valence electrons. The van der Waals surface area contributed by atoms with E-state index in [4.69, 9.17) is 11.6 Å². The van der Waals surface area contributed by atoms with Gasteiger partial charge in [-0.1, -0.05) is 50.2 Å². The van der Waals surface area contributed by atoms with Crippen molar-refractivity contribution in [3.63, 3.8) is 0 Å². The van der Waals surface area contributed by atoms with Crippen LogP contribution >= 0.6 is 11.6 Å². The van der Waals surface area contributed by atoms with Crippen LogP contribution in [-0.2, 0) is 14.4 Å². The molecule has 3 amide bonds. The Balaban J connectivity index is 0.000000206. The molecule has 2 aromatic rings. The normalized spacial score (nSPS) is 18.7. The number of carbonyl (C=O) groups excluding carboxylic acids is 3. The topological polar surface area (TPSA) is 124 Å². The van der Waals surface area contributed by atoms with E-state index in [2.05, 4.69) is 45.2 Å². The first-order valence-electron chi connectivity index (χ1n) is 11.9. The summed E-state index contributed by atoms with van der Waals surface area (Å²) in [6, 6.07) is 12.9. The Labute approximate surface area is 221 Å². The highest BCUT2D eigenvalue weighted by Gasteiger charge is 2.21. The highest BCUT2D eigenvalue weighted by atomic mass is 35.5. The third-order valence-electron chi connectivity index (χ3n) is 5.69. The maximum absolute atomic E-state index is 11.2. The molecule has 2 aliphatic heterocycles. The standard InChI is InChI=1S/C14H16ClN3O.C13H15N3O2/c1-8-6-9(2)17-18-14(8)11-4-5-13(12(15)7-11)16-10(3)19;1-8-7-12(18)15-16-13(8)10-3-5-11(6-4-10)14-9(2)17/h4-5,7-8,17H,2,6H2,1,3H3,(H,16,19);3-6,8H,7H2,1-2H3,(H,14,17)(H,15,18)/t2*8-/m11/s1. The Bertz CT molecular complexity index is 1270. The third-order valence-corrected chi connectivity index (χ3v) is 6.00. The van der Waals surface area contributed by atoms with Crippen molar-refractivity contribution in [2.75, 3.05) is 10.6 Å². The molecule has 10 heteroatoms. The van der Waals surface area contributed by atoms with Crippen molar-refractivity contribution in [2.45, 2.75) is 40.5 Å². The molecule has 2 aliphatic rings. The van der Waals surface area contributed by atoms with Gasteiger partial charge in [-0.3, -0.25) is 19.8 Å². The summed E-state index contributed by atoms with van der Waals surface area (Å²) >= 11 is 6.16. The van der Waals surface area contributed by atoms with E-state index < -0.39 is 0 Å². The molecule has 0 bridgehead atoms. The maximum atomic E-state index is 11.2. The van der Waals surface area contributed by atoms with Crippen molar-refractivity contribution >= 4 is 52.1 Å². The number of hydrogen-bond donors (Lipinski definition) is 4. The van der Waals surface area contributed by atoms with Gasteiger partial charge in [0.25, 0.3) is 0 Å². The van der Waals surface area contributed by atoms with Crippen LogP contribution in [0.3, 0.4) is 0 Å². The molecule has 9 nitrogen and oxygen atoms in total. The number of amides is 3. The van der Waals surface area contributed by atoms with Gasteiger partial charge < -0.3 is 10.6 Å². The number of allylic oxidation sites excluding steroid dienone is 1. The zero-order valence-corrected chi connectivity index (χ0v) is 22.1. The first-order chi connectivity index (χ1) is 17.5. The average molecular weight is 523 g/mol. The van der Waals surface area contributed by atoms with Gasteiger partial charge in [0.05, 0.1) is 22.1 Å². The summed E-state index contributed by atoms with van der Waals surface area (Å²) in [5, 5.41) is 14.3. The van der Waals surface area contributed by atoms with E-state index >= 15 is 0 Å². The van der Waals surface area contributed by atoms with Crippen LogP contribution in [0.4, 0.5) is 11.4 Å². The fourth-order valence-electron chi connectivity index (χ4n) is 4.01. The molecule has 0 fully saturated rings. The highest BCUT2D eigenvalue weighted by molar-refractivity contribution is 6.34. The van der Waals surface area contributed by atoms with Crippen molar-refractivity contribution in [1.29, 1.82) is 0 Å². The summed E-state index contributed by atoms with van der Waals surface area (Å²) in [6.45, 7) is 10.9. The van der Waals surface area contributed by atoms with Crippen LogP contribution in [0.15, 0.2) is 64.9 Å². The quantitative estimate of drug-likeness (QED) is 0.466. The van der Waals surface area contributed by atoms with Crippen molar-refractivity contribution in [1.82, 2.24) is 10.9 Å². The van der Waals surface area contributed by atoms with E-state index in [1.54, 1.807) is 6.07 Å². The predicted molar refractivity (Wildman–Crippen MR) is 148 cm³/mol. The Kier molecular flexibility index (Phi) is 9.19. The second kappa shape index (κ2) is 12.3. The largest absolute Gasteiger partial charge is 0.326 e. The summed E-state index contributed by atoms with van der Waals surface area (Å²) in [4.78, 5) is 33.1. The minimum absolute atomic E-state index is 0.0545. The van der Waals surface area contributed by atoms with E-state index in [-0.39, 0.29) is 29.6 Å². The van der Waals surface area contributed by atoms with Crippen LogP contribution in [0, 0.1) is 11.8 Å². The van der Waals surface area contributed by atoms with E-state index in [1.807, 2.05) is 43.3 Å². The number of carbonyl (C=O) groups is 3. The van der Waals surface area contributed by atoms with Gasteiger partial charge in [-0.05, 0) is 41.8 Å². The van der Waals surface area contributed by atoms with Crippen LogP contribution in [0.2, 0.25) is 5.02 Å². The summed E-state index contributed by atoms with van der Waals surface area (Å²) in [7, 11) is 0. The molecule has 0 saturated heterocycles. The molecule has 2 heterocycles. The molecule has 0 spiro atoms. The zero-order valence-electron chi connectivity index (χ0n) is 21.3. The lowest BCUT2D eigenvalue weighted by atomic mass is 9.93. The molecule has 2 atom stereocenters. The van der Waals surface area contributed by atoms with Crippen LogP contribution in [0.25, 0.3) is 0 Å². The fraction of sp³-hybridized carbons (Fsp3) is 0.296. The number of halogens is 1. The van der Waals surface area contributed by atoms with Gasteiger partial charge in [0, 0.05) is 43.5 Å². The van der Waals surface area contributed by atoms with E-state index in [0.29, 0.717) is 17.1 Å². The molecule has 0 aromatic heterocycles. The molecule has 37 heavy (non-hydrogen) atoms. The van der Waals surface area contributed by atoms with E-state index in [1.165, 1.54) is 13.8 Å². The van der Waals surface area contributed by atoms with Crippen molar-refractivity contribution in [3.05, 3.63) is 70.9 Å². The molecular formula is C27H31ClN6O3. The molecular weight excluding hydrogens is 492 g/mol. The summed E-state index contributed by atoms with van der Waals surface area (Å²) in [5.74, 6) is 0.0947. The van der Waals surface area contributed by atoms with Crippen molar-refractivity contribution in [3.8, 4) is 0 Å². The number of benzene rings is 2. The smallest absolute Gasteiger partial charge is 0.240 e. The summed E-state index contributed by atoms with van der Waals surface area (Å²) < 4.78 is 0. The van der Waals surface area contributed by atoms with Crippen LogP contribution in [0.1, 0.15) is 51.7 Å². The molecule has 0 unspecified atom stereocenters. The molecule has 0 saturated carbocycles. The second-order valence-electron chi connectivity index (χ2n) is 9.09. The van der Waals surface area contributed by atoms with Crippen molar-refractivity contribution in [2.24, 2.45) is 22.0 Å². The van der Waals surface area contributed by atoms with Crippen LogP contribution < -0.4 is 21.5 Å². The van der Waals surface area contributed by atoms with E-state index in [9.17, 15) is 14.4 Å². The number of hydrogen-bond acceptors (Lipinski definition) is 6.